The average molecular weight is 1190 g/mol. The Balaban J connectivity index is 0.936. The van der Waals surface area contributed by atoms with E-state index in [0.29, 0.717) is 5.56 Å². The lowest BCUT2D eigenvalue weighted by Crippen LogP contribution is -1.95. The predicted molar refractivity (Wildman–Crippen MR) is 386 cm³/mol. The molecule has 0 saturated heterocycles. The minimum Gasteiger partial charge on any atom is -0.354 e. The summed E-state index contributed by atoms with van der Waals surface area (Å²) in [5.74, 6) is 32.1. The summed E-state index contributed by atoms with van der Waals surface area (Å²) in [6.07, 6.45) is 22.2. The van der Waals surface area contributed by atoms with Gasteiger partial charge in [-0.05, 0) is 250 Å². The van der Waals surface area contributed by atoms with Crippen molar-refractivity contribution in [1.29, 1.82) is 0 Å². The van der Waals surface area contributed by atoms with Crippen molar-refractivity contribution in [1.82, 2.24) is 19.9 Å². The zero-order valence-electron chi connectivity index (χ0n) is 52.2. The van der Waals surface area contributed by atoms with Crippen LogP contribution in [0.15, 0.2) is 193 Å². The van der Waals surface area contributed by atoms with E-state index in [-0.39, 0.29) is 0 Å². The number of nitrogens with zero attached hydrogens (tertiary/aromatic N) is 2. The Kier molecular flexibility index (Phi) is 16.5. The lowest BCUT2D eigenvalue weighted by molar-refractivity contribution is 1.28. The van der Waals surface area contributed by atoms with Crippen molar-refractivity contribution in [3.05, 3.63) is 300 Å². The first-order valence-corrected chi connectivity index (χ1v) is 31.6. The van der Waals surface area contributed by atoms with Crippen molar-refractivity contribution >= 4 is 58.1 Å². The minimum absolute atomic E-state index is 0.702. The molecule has 0 unspecified atom stereocenters. The molecule has 13 rings (SSSR count). The fourth-order valence-electron chi connectivity index (χ4n) is 12.3. The topological polar surface area (TPSA) is 57.4 Å². The van der Waals surface area contributed by atoms with Gasteiger partial charge in [0.1, 0.15) is 0 Å². The summed E-state index contributed by atoms with van der Waals surface area (Å²) in [5, 5.41) is 0. The third-order valence-corrected chi connectivity index (χ3v) is 17.2. The van der Waals surface area contributed by atoms with E-state index in [2.05, 4.69) is 263 Å². The lowest BCUT2D eigenvalue weighted by atomic mass is 9.92. The zero-order chi connectivity index (χ0) is 63.4. The highest BCUT2D eigenvalue weighted by Crippen LogP contribution is 2.41. The Bertz CT molecular complexity index is 5350. The number of hydrogen-bond donors (Lipinski definition) is 2. The molecule has 4 nitrogen and oxygen atoms in total. The Labute approximate surface area is 543 Å². The smallest absolute Gasteiger partial charge is 0.0737 e. The number of nitrogens with one attached hydrogen (secondary N) is 2. The summed E-state index contributed by atoms with van der Waals surface area (Å²) in [4.78, 5) is 20.4. The molecule has 0 atom stereocenters. The maximum absolute atomic E-state index is 6.00. The normalized spacial score (nSPS) is 11.0. The van der Waals surface area contributed by atoms with Crippen LogP contribution in [0, 0.1) is 114 Å². The highest BCUT2D eigenvalue weighted by atomic mass is 32.2. The van der Waals surface area contributed by atoms with Crippen molar-refractivity contribution in [3.63, 3.8) is 0 Å². The number of H-pyrrole nitrogens is 2. The Morgan fingerprint density at radius 2 is 0.620 bits per heavy atom. The van der Waals surface area contributed by atoms with Crippen LogP contribution in [0.1, 0.15) is 112 Å². The van der Waals surface area contributed by atoms with Crippen LogP contribution in [0.3, 0.4) is 0 Å². The van der Waals surface area contributed by atoms with E-state index in [0.717, 1.165) is 139 Å². The molecular weight excluding hydrogens is 1130 g/mol. The molecule has 11 aromatic rings. The predicted octanol–water partition coefficient (Wildman–Crippen LogP) is 19.5. The van der Waals surface area contributed by atoms with E-state index in [1.807, 2.05) is 66.7 Å². The van der Waals surface area contributed by atoms with Gasteiger partial charge < -0.3 is 9.97 Å². The first-order valence-electron chi connectivity index (χ1n) is 30.4. The second kappa shape index (κ2) is 25.7. The fourth-order valence-corrected chi connectivity index (χ4v) is 12.8. The number of aromatic nitrogens is 4. The van der Waals surface area contributed by atoms with Gasteiger partial charge in [-0.15, -0.1) is 24.6 Å². The molecule has 92 heavy (non-hydrogen) atoms. The maximum Gasteiger partial charge on any atom is 0.0737 e. The molecule has 0 spiro atoms. The summed E-state index contributed by atoms with van der Waals surface area (Å²) in [7, 11) is 0. The second-order valence-corrected chi connectivity index (χ2v) is 24.1. The SMILES string of the molecule is C#Cc1ccc(C#Cc2ccc(C#Cc3cc(C#C)cc(C#Cc4ccc(-c5c6nc(c(-c7c(C)cc(C)cc7C)c7ccc([nH]7)c(-c7ccc(C#Cc8cccc(SC)c8)cc7)c7nc(c(-c8c(C)cc(C)cc8C)c8ccc5[nH]8)C=C7)C=C6)cc4)c3)cc2)cc1. The molecule has 0 saturated carbocycles. The Morgan fingerprint density at radius 1 is 0.304 bits per heavy atom. The molecule has 0 amide bonds. The molecule has 0 fully saturated rings. The molecule has 5 heteroatoms. The van der Waals surface area contributed by atoms with Gasteiger partial charge in [-0.3, -0.25) is 0 Å². The third-order valence-electron chi connectivity index (χ3n) is 16.5. The monoisotopic (exact) mass is 1190 g/mol. The van der Waals surface area contributed by atoms with Crippen LogP contribution in [0.2, 0.25) is 0 Å². The largest absolute Gasteiger partial charge is 0.354 e. The van der Waals surface area contributed by atoms with Gasteiger partial charge in [-0.1, -0.05) is 125 Å². The number of terminal acetylenes is 2. The Hall–Kier alpha value is -11.9. The van der Waals surface area contributed by atoms with Crippen LogP contribution in [0.5, 0.6) is 0 Å². The lowest BCUT2D eigenvalue weighted by Gasteiger charge is -2.13. The van der Waals surface area contributed by atoms with Crippen LogP contribution < -0.4 is 0 Å². The van der Waals surface area contributed by atoms with Crippen molar-refractivity contribution in [2.75, 3.05) is 6.26 Å². The van der Waals surface area contributed by atoms with Gasteiger partial charge in [0.05, 0.1) is 22.8 Å². The molecule has 2 aliphatic rings. The summed E-state index contributed by atoms with van der Waals surface area (Å²) < 4.78 is 0. The molecule has 2 aliphatic heterocycles. The number of benzene rings is 8. The van der Waals surface area contributed by atoms with Gasteiger partial charge in [0, 0.05) is 105 Å². The maximum atomic E-state index is 6.00. The van der Waals surface area contributed by atoms with Crippen molar-refractivity contribution < 1.29 is 0 Å². The van der Waals surface area contributed by atoms with Gasteiger partial charge in [0.25, 0.3) is 0 Å². The third kappa shape index (κ3) is 12.6. The van der Waals surface area contributed by atoms with E-state index < -0.39 is 0 Å². The van der Waals surface area contributed by atoms with E-state index in [1.54, 1.807) is 11.8 Å². The van der Waals surface area contributed by atoms with E-state index in [9.17, 15) is 0 Å². The summed E-state index contributed by atoms with van der Waals surface area (Å²) in [6, 6.07) is 64.4. The first-order chi connectivity index (χ1) is 44.8. The van der Waals surface area contributed by atoms with Crippen LogP contribution in [0.25, 0.3) is 90.9 Å². The highest BCUT2D eigenvalue weighted by molar-refractivity contribution is 7.98. The highest BCUT2D eigenvalue weighted by Gasteiger charge is 2.22. The number of hydrogen-bond acceptors (Lipinski definition) is 3. The molecule has 3 aromatic heterocycles. The van der Waals surface area contributed by atoms with Crippen LogP contribution in [-0.4, -0.2) is 26.2 Å². The fraction of sp³-hybridized carbons (Fsp3) is 0.0805. The second-order valence-electron chi connectivity index (χ2n) is 23.2. The van der Waals surface area contributed by atoms with Crippen molar-refractivity contribution in [2.24, 2.45) is 0 Å². The van der Waals surface area contributed by atoms with Crippen LogP contribution >= 0.6 is 11.8 Å². The summed E-state index contributed by atoms with van der Waals surface area (Å²) in [5.41, 5.74) is 30.8. The quantitative estimate of drug-likeness (QED) is 0.133. The van der Waals surface area contributed by atoms with Crippen molar-refractivity contribution in [2.45, 2.75) is 46.4 Å². The molecule has 8 bridgehead atoms. The molecule has 5 heterocycles. The van der Waals surface area contributed by atoms with Gasteiger partial charge in [0.2, 0.25) is 0 Å². The molecule has 0 radical (unpaired) electrons. The standard InChI is InChI=1S/C87H60N4S/c1-10-61-15-17-63(18-16-61)19-20-64-21-23-65(24-22-64)26-29-69-51-62(11-2)52-70(53-69)30-27-67-33-37-72(38-34-67)85-76-41-45-80(90-76)86(82-57(5)47-55(3)48-58(82)6)78-43-39-74(88-78)84(71-35-31-66(32-36-71)25-28-68-13-12-14-73(54-68)92-9)75-40-44-79(89-75)87(81-46-42-77(85)91-81)83-59(7)49-56(4)50-60(83)8/h1-2,12-18,21-24,31-54,88,91H,3-9H3. The van der Waals surface area contributed by atoms with Gasteiger partial charge in [0.15, 0.2) is 0 Å². The molecular formula is C87H60N4S. The van der Waals surface area contributed by atoms with E-state index in [1.165, 1.54) is 38.3 Å². The minimum atomic E-state index is 0.702. The molecule has 0 aliphatic carbocycles. The number of rotatable bonds is 5. The van der Waals surface area contributed by atoms with Gasteiger partial charge in [-0.2, -0.15) is 0 Å². The summed E-state index contributed by atoms with van der Waals surface area (Å²) >= 11 is 1.72. The number of thioether (sulfide) groups is 1. The first kappa shape index (κ1) is 59.1. The van der Waals surface area contributed by atoms with Crippen LogP contribution in [-0.2, 0) is 0 Å². The number of fused-ring (bicyclic) bond motifs is 8. The van der Waals surface area contributed by atoms with Gasteiger partial charge in [-0.25, -0.2) is 9.97 Å². The zero-order valence-corrected chi connectivity index (χ0v) is 53.0. The van der Waals surface area contributed by atoms with E-state index in [4.69, 9.17) is 22.8 Å². The molecule has 8 aromatic carbocycles. The number of aryl methyl sites for hydroxylation is 6. The average Bonchev–Trinajstić information content (AvgIpc) is 1.62. The van der Waals surface area contributed by atoms with Crippen LogP contribution in [0.4, 0.5) is 0 Å². The Morgan fingerprint density at radius 3 is 0.989 bits per heavy atom. The molecule has 434 valence electrons. The summed E-state index contributed by atoms with van der Waals surface area (Å²) in [6.45, 7) is 13.1. The molecule has 2 N–H and O–H groups in total. The van der Waals surface area contributed by atoms with Crippen molar-refractivity contribution in [3.8, 4) is 117 Å². The van der Waals surface area contributed by atoms with E-state index >= 15 is 0 Å². The van der Waals surface area contributed by atoms with Gasteiger partial charge >= 0.3 is 0 Å². The number of aromatic amines is 2.